The molecule has 1 aliphatic rings. The number of ketones is 1. The minimum atomic E-state index is -0.761. The molecule has 0 radical (unpaired) electrons. The lowest BCUT2D eigenvalue weighted by atomic mass is 10.1. The third-order valence-electron chi connectivity index (χ3n) is 4.76. The Morgan fingerprint density at radius 3 is 2.44 bits per heavy atom. The van der Waals surface area contributed by atoms with Gasteiger partial charge in [0.2, 0.25) is 0 Å². The van der Waals surface area contributed by atoms with Gasteiger partial charge >= 0.3 is 0 Å². The number of carbonyl (C=O) groups excluding carboxylic acids is 1. The Kier molecular flexibility index (Phi) is 6.43. The van der Waals surface area contributed by atoms with Gasteiger partial charge in [-0.25, -0.2) is 8.78 Å². The van der Waals surface area contributed by atoms with E-state index in [-0.39, 0.29) is 24.9 Å². The second-order valence-corrected chi connectivity index (χ2v) is 7.01. The number of hydrogen-bond donors (Lipinski definition) is 0. The Morgan fingerprint density at radius 2 is 1.78 bits per heavy atom. The molecule has 0 unspecified atom stereocenters. The van der Waals surface area contributed by atoms with E-state index in [1.54, 1.807) is 0 Å². The van der Waals surface area contributed by atoms with Crippen molar-refractivity contribution in [2.24, 2.45) is 0 Å². The minimum Gasteiger partial charge on any atom is -0.490 e. The van der Waals surface area contributed by atoms with Gasteiger partial charge in [0.1, 0.15) is 18.1 Å². The summed E-state index contributed by atoms with van der Waals surface area (Å²) in [5, 5.41) is 0. The van der Waals surface area contributed by atoms with Crippen LogP contribution in [0.15, 0.2) is 36.4 Å². The van der Waals surface area contributed by atoms with Crippen molar-refractivity contribution in [2.75, 3.05) is 0 Å². The normalized spacial score (nSPS) is 14.3. The highest BCUT2D eigenvalue weighted by Gasteiger charge is 2.19. The number of halogens is 2. The average Bonchev–Trinajstić information content (AvgIpc) is 3.13. The van der Waals surface area contributed by atoms with Gasteiger partial charge in [-0.1, -0.05) is 18.2 Å². The first-order valence-electron chi connectivity index (χ1n) is 9.37. The van der Waals surface area contributed by atoms with Crippen molar-refractivity contribution in [3.05, 3.63) is 59.2 Å². The molecule has 3 nitrogen and oxygen atoms in total. The summed E-state index contributed by atoms with van der Waals surface area (Å²) < 4.78 is 40.0. The van der Waals surface area contributed by atoms with Gasteiger partial charge in [-0.3, -0.25) is 0 Å². The molecule has 2 aromatic rings. The van der Waals surface area contributed by atoms with E-state index in [9.17, 15) is 13.6 Å². The van der Waals surface area contributed by atoms with E-state index >= 15 is 0 Å². The molecule has 0 atom stereocenters. The number of hydrogen-bond acceptors (Lipinski definition) is 3. The fourth-order valence-corrected chi connectivity index (χ4v) is 3.29. The van der Waals surface area contributed by atoms with E-state index in [2.05, 4.69) is 0 Å². The van der Waals surface area contributed by atoms with Gasteiger partial charge in [-0.05, 0) is 62.8 Å². The summed E-state index contributed by atoms with van der Waals surface area (Å²) in [5.74, 6) is -1.25. The van der Waals surface area contributed by atoms with Gasteiger partial charge in [0.05, 0.1) is 6.10 Å². The van der Waals surface area contributed by atoms with Crippen LogP contribution in [0.1, 0.15) is 50.2 Å². The van der Waals surface area contributed by atoms with Crippen molar-refractivity contribution < 1.29 is 23.0 Å². The third-order valence-corrected chi connectivity index (χ3v) is 4.76. The van der Waals surface area contributed by atoms with E-state index in [0.717, 1.165) is 31.2 Å². The summed E-state index contributed by atoms with van der Waals surface area (Å²) in [4.78, 5) is 11.0. The number of ether oxygens (including phenoxy) is 2. The van der Waals surface area contributed by atoms with Gasteiger partial charge in [0.15, 0.2) is 17.4 Å². The van der Waals surface area contributed by atoms with Gasteiger partial charge in [0.25, 0.3) is 0 Å². The van der Waals surface area contributed by atoms with Crippen LogP contribution in [0.2, 0.25) is 0 Å². The number of Topliss-reactive ketones (excluding diaryl/α,β-unsaturated/α-hetero) is 1. The van der Waals surface area contributed by atoms with Crippen molar-refractivity contribution >= 4 is 5.78 Å². The lowest BCUT2D eigenvalue weighted by molar-refractivity contribution is -0.116. The summed E-state index contributed by atoms with van der Waals surface area (Å²) in [7, 11) is 0. The van der Waals surface area contributed by atoms with Crippen LogP contribution in [0.25, 0.3) is 0 Å². The first-order chi connectivity index (χ1) is 13.0. The Balaban J connectivity index is 1.68. The molecule has 27 heavy (non-hydrogen) atoms. The summed E-state index contributed by atoms with van der Waals surface area (Å²) >= 11 is 0. The molecular formula is C22H24F2O3. The molecule has 0 saturated heterocycles. The fourth-order valence-electron chi connectivity index (χ4n) is 3.29. The molecule has 1 aliphatic carbocycles. The molecule has 0 heterocycles. The number of aryl methyl sites for hydroxylation is 1. The number of carbonyl (C=O) groups is 1. The zero-order chi connectivity index (χ0) is 19.2. The van der Waals surface area contributed by atoms with Crippen LogP contribution in [0.5, 0.6) is 11.5 Å². The Labute approximate surface area is 158 Å². The lowest BCUT2D eigenvalue weighted by Crippen LogP contribution is -2.13. The zero-order valence-corrected chi connectivity index (χ0v) is 15.5. The molecule has 3 rings (SSSR count). The van der Waals surface area contributed by atoms with Crippen LogP contribution in [0.4, 0.5) is 8.78 Å². The van der Waals surface area contributed by atoms with Crippen LogP contribution in [0, 0.1) is 11.6 Å². The highest BCUT2D eigenvalue weighted by atomic mass is 19.1. The molecule has 0 aromatic heterocycles. The van der Waals surface area contributed by atoms with E-state index in [4.69, 9.17) is 9.47 Å². The molecule has 144 valence electrons. The fraction of sp³-hybridized carbons (Fsp3) is 0.409. The molecule has 5 heteroatoms. The minimum absolute atomic E-state index is 0.0174. The summed E-state index contributed by atoms with van der Waals surface area (Å²) in [5.41, 5.74) is 1.20. The van der Waals surface area contributed by atoms with Gasteiger partial charge in [-0.15, -0.1) is 0 Å². The first-order valence-corrected chi connectivity index (χ1v) is 9.37. The van der Waals surface area contributed by atoms with Crippen molar-refractivity contribution in [1.29, 1.82) is 0 Å². The van der Waals surface area contributed by atoms with Crippen molar-refractivity contribution in [2.45, 2.75) is 58.2 Å². The van der Waals surface area contributed by atoms with Crippen molar-refractivity contribution in [1.82, 2.24) is 0 Å². The maximum Gasteiger partial charge on any atom is 0.191 e. The molecule has 0 amide bonds. The van der Waals surface area contributed by atoms with E-state index in [1.165, 1.54) is 19.1 Å². The molecule has 0 spiro atoms. The number of benzene rings is 2. The predicted octanol–water partition coefficient (Wildman–Crippen LogP) is 5.39. The first kappa shape index (κ1) is 19.3. The van der Waals surface area contributed by atoms with Crippen LogP contribution < -0.4 is 9.47 Å². The maximum absolute atomic E-state index is 14.3. The molecule has 0 N–H and O–H groups in total. The third kappa shape index (κ3) is 5.28. The van der Waals surface area contributed by atoms with Gasteiger partial charge in [0, 0.05) is 12.0 Å². The second-order valence-electron chi connectivity index (χ2n) is 7.01. The van der Waals surface area contributed by atoms with Crippen molar-refractivity contribution in [3.63, 3.8) is 0 Å². The second kappa shape index (κ2) is 8.98. The quantitative estimate of drug-likeness (QED) is 0.622. The maximum atomic E-state index is 14.3. The predicted molar refractivity (Wildman–Crippen MR) is 99.0 cm³/mol. The SMILES string of the molecule is CC(=O)CCc1cc(F)c(OCc2ccccc2OC2CCCC2)c(F)c1. The van der Waals surface area contributed by atoms with E-state index in [0.29, 0.717) is 17.7 Å². The number of para-hydroxylation sites is 1. The molecule has 1 saturated carbocycles. The summed E-state index contributed by atoms with van der Waals surface area (Å²) in [6.07, 6.45) is 5.14. The Hall–Kier alpha value is -2.43. The van der Waals surface area contributed by atoms with E-state index in [1.807, 2.05) is 24.3 Å². The summed E-state index contributed by atoms with van der Waals surface area (Å²) in [6, 6.07) is 9.86. The molecule has 0 aliphatic heterocycles. The van der Waals surface area contributed by atoms with Gasteiger partial charge in [-0.2, -0.15) is 0 Å². The van der Waals surface area contributed by atoms with Crippen LogP contribution in [-0.4, -0.2) is 11.9 Å². The van der Waals surface area contributed by atoms with Gasteiger partial charge < -0.3 is 14.3 Å². The van der Waals surface area contributed by atoms with Crippen LogP contribution in [-0.2, 0) is 17.8 Å². The molecule has 1 fully saturated rings. The largest absolute Gasteiger partial charge is 0.490 e. The van der Waals surface area contributed by atoms with Crippen LogP contribution >= 0.6 is 0 Å². The smallest absolute Gasteiger partial charge is 0.191 e. The Morgan fingerprint density at radius 1 is 1.11 bits per heavy atom. The molecule has 0 bridgehead atoms. The monoisotopic (exact) mass is 374 g/mol. The average molecular weight is 374 g/mol. The van der Waals surface area contributed by atoms with Crippen molar-refractivity contribution in [3.8, 4) is 11.5 Å². The highest BCUT2D eigenvalue weighted by Crippen LogP contribution is 2.29. The number of rotatable bonds is 8. The molecule has 2 aromatic carbocycles. The standard InChI is InChI=1S/C22H24F2O3/c1-15(25)10-11-16-12-19(23)22(20(24)13-16)26-14-17-6-2-5-9-21(17)27-18-7-3-4-8-18/h2,5-6,9,12-13,18H,3-4,7-8,10-11,14H2,1H3. The summed E-state index contributed by atoms with van der Waals surface area (Å²) in [6.45, 7) is 1.47. The highest BCUT2D eigenvalue weighted by molar-refractivity contribution is 5.75. The Bertz CT molecular complexity index is 775. The topological polar surface area (TPSA) is 35.5 Å². The lowest BCUT2D eigenvalue weighted by Gasteiger charge is -2.17. The van der Waals surface area contributed by atoms with E-state index < -0.39 is 17.4 Å². The molecular weight excluding hydrogens is 350 g/mol. The zero-order valence-electron chi connectivity index (χ0n) is 15.5. The van der Waals surface area contributed by atoms with Crippen LogP contribution in [0.3, 0.4) is 0 Å².